The van der Waals surface area contributed by atoms with E-state index in [1.54, 1.807) is 0 Å². The van der Waals surface area contributed by atoms with Crippen LogP contribution in [0.4, 0.5) is 0 Å². The molecule has 0 saturated carbocycles. The zero-order valence-electron chi connectivity index (χ0n) is 12.1. The minimum atomic E-state index is 0.131. The predicted molar refractivity (Wildman–Crippen MR) is 100 cm³/mol. The van der Waals surface area contributed by atoms with Gasteiger partial charge in [0, 0.05) is 3.57 Å². The molecule has 112 valence electrons. The average molecular weight is 434 g/mol. The van der Waals surface area contributed by atoms with E-state index in [0.29, 0.717) is 10.0 Å². The first-order chi connectivity index (χ1) is 10.0. The van der Waals surface area contributed by atoms with Gasteiger partial charge in [0.2, 0.25) is 0 Å². The largest absolute Gasteiger partial charge is 0.306 e. The van der Waals surface area contributed by atoms with E-state index in [4.69, 9.17) is 23.2 Å². The van der Waals surface area contributed by atoms with E-state index in [1.165, 1.54) is 14.7 Å². The highest BCUT2D eigenvalue weighted by molar-refractivity contribution is 14.1. The van der Waals surface area contributed by atoms with Crippen molar-refractivity contribution in [3.63, 3.8) is 0 Å². The van der Waals surface area contributed by atoms with Crippen molar-refractivity contribution in [3.8, 4) is 0 Å². The highest BCUT2D eigenvalue weighted by atomic mass is 127. The number of hydrogen-bond acceptors (Lipinski definition) is 1. The maximum atomic E-state index is 6.19. The van der Waals surface area contributed by atoms with Crippen LogP contribution in [0.5, 0.6) is 0 Å². The Bertz CT molecular complexity index is 628. The first-order valence-corrected chi connectivity index (χ1v) is 8.81. The molecular weight excluding hydrogens is 416 g/mol. The quantitative estimate of drug-likeness (QED) is 0.570. The van der Waals surface area contributed by atoms with E-state index < -0.39 is 0 Å². The lowest BCUT2D eigenvalue weighted by molar-refractivity contribution is 0.596. The van der Waals surface area contributed by atoms with Gasteiger partial charge in [-0.1, -0.05) is 54.4 Å². The van der Waals surface area contributed by atoms with Crippen LogP contribution in [0.15, 0.2) is 36.4 Å². The molecule has 1 nitrogen and oxygen atoms in total. The molecule has 1 unspecified atom stereocenters. The molecule has 1 atom stereocenters. The Balaban J connectivity index is 2.47. The molecule has 0 spiro atoms. The molecule has 0 aliphatic heterocycles. The Labute approximate surface area is 150 Å². The Morgan fingerprint density at radius 1 is 1.14 bits per heavy atom. The highest BCUT2D eigenvalue weighted by Crippen LogP contribution is 2.31. The molecule has 2 aromatic carbocycles. The number of rotatable bonds is 5. The van der Waals surface area contributed by atoms with Crippen LogP contribution in [-0.2, 0) is 0 Å². The number of benzene rings is 2. The van der Waals surface area contributed by atoms with Crippen LogP contribution in [0.3, 0.4) is 0 Å². The van der Waals surface area contributed by atoms with Gasteiger partial charge in [0.15, 0.2) is 0 Å². The first kappa shape index (κ1) is 17.1. The fourth-order valence-corrected chi connectivity index (χ4v) is 3.26. The molecule has 2 aromatic rings. The van der Waals surface area contributed by atoms with Crippen molar-refractivity contribution in [1.82, 2.24) is 5.32 Å². The second-order valence-electron chi connectivity index (χ2n) is 5.04. The van der Waals surface area contributed by atoms with Crippen LogP contribution in [0.1, 0.15) is 36.1 Å². The average Bonchev–Trinajstić information content (AvgIpc) is 2.47. The van der Waals surface area contributed by atoms with Gasteiger partial charge in [-0.3, -0.25) is 0 Å². The molecule has 1 N–H and O–H groups in total. The highest BCUT2D eigenvalue weighted by Gasteiger charge is 2.17. The van der Waals surface area contributed by atoms with Gasteiger partial charge in [-0.05, 0) is 71.3 Å². The van der Waals surface area contributed by atoms with Crippen LogP contribution in [-0.4, -0.2) is 6.54 Å². The number of halogens is 3. The Morgan fingerprint density at radius 2 is 1.90 bits per heavy atom. The summed E-state index contributed by atoms with van der Waals surface area (Å²) in [5.41, 5.74) is 3.71. The fourth-order valence-electron chi connectivity index (χ4n) is 2.28. The van der Waals surface area contributed by atoms with E-state index >= 15 is 0 Å². The van der Waals surface area contributed by atoms with Gasteiger partial charge in [0.05, 0.1) is 16.1 Å². The summed E-state index contributed by atoms with van der Waals surface area (Å²) in [6.07, 6.45) is 1.08. The molecule has 0 radical (unpaired) electrons. The number of nitrogens with one attached hydrogen (secondary N) is 1. The third-order valence-corrected chi connectivity index (χ3v) is 5.62. The molecular formula is C17H18Cl2IN. The summed E-state index contributed by atoms with van der Waals surface area (Å²) in [5, 5.41) is 4.80. The smallest absolute Gasteiger partial charge is 0.0595 e. The van der Waals surface area contributed by atoms with E-state index in [-0.39, 0.29) is 6.04 Å². The summed E-state index contributed by atoms with van der Waals surface area (Å²) < 4.78 is 1.29. The van der Waals surface area contributed by atoms with Crippen LogP contribution in [0.25, 0.3) is 0 Å². The van der Waals surface area contributed by atoms with Crippen LogP contribution >= 0.6 is 45.8 Å². The zero-order chi connectivity index (χ0) is 15.4. The molecule has 0 amide bonds. The van der Waals surface area contributed by atoms with Crippen molar-refractivity contribution in [1.29, 1.82) is 0 Å². The third-order valence-electron chi connectivity index (χ3n) is 3.41. The van der Waals surface area contributed by atoms with Crippen molar-refractivity contribution in [2.75, 3.05) is 6.54 Å². The number of aryl methyl sites for hydroxylation is 1. The summed E-state index contributed by atoms with van der Waals surface area (Å²) in [7, 11) is 0. The predicted octanol–water partition coefficient (Wildman–Crippen LogP) is 6.00. The van der Waals surface area contributed by atoms with Gasteiger partial charge < -0.3 is 5.32 Å². The lowest BCUT2D eigenvalue weighted by Gasteiger charge is -2.22. The monoisotopic (exact) mass is 433 g/mol. The van der Waals surface area contributed by atoms with Crippen LogP contribution in [0, 0.1) is 10.5 Å². The van der Waals surface area contributed by atoms with Gasteiger partial charge in [-0.25, -0.2) is 0 Å². The third kappa shape index (κ3) is 4.13. The normalized spacial score (nSPS) is 12.4. The fraction of sp³-hybridized carbons (Fsp3) is 0.294. The van der Waals surface area contributed by atoms with Crippen LogP contribution in [0.2, 0.25) is 10.0 Å². The van der Waals surface area contributed by atoms with Crippen molar-refractivity contribution < 1.29 is 0 Å². The van der Waals surface area contributed by atoms with Gasteiger partial charge >= 0.3 is 0 Å². The van der Waals surface area contributed by atoms with Crippen molar-refractivity contribution >= 4 is 45.8 Å². The van der Waals surface area contributed by atoms with Crippen molar-refractivity contribution in [2.24, 2.45) is 0 Å². The Morgan fingerprint density at radius 3 is 2.57 bits per heavy atom. The molecule has 0 fully saturated rings. The molecule has 0 aliphatic carbocycles. The molecule has 0 aliphatic rings. The molecule has 0 heterocycles. The lowest BCUT2D eigenvalue weighted by atomic mass is 9.97. The lowest BCUT2D eigenvalue weighted by Crippen LogP contribution is -2.24. The summed E-state index contributed by atoms with van der Waals surface area (Å²) in [4.78, 5) is 0. The van der Waals surface area contributed by atoms with E-state index in [9.17, 15) is 0 Å². The summed E-state index contributed by atoms with van der Waals surface area (Å²) in [5.74, 6) is 0. The summed E-state index contributed by atoms with van der Waals surface area (Å²) in [6, 6.07) is 12.4. The maximum Gasteiger partial charge on any atom is 0.0595 e. The topological polar surface area (TPSA) is 12.0 Å². The second kappa shape index (κ2) is 7.82. The van der Waals surface area contributed by atoms with Gasteiger partial charge in [-0.2, -0.15) is 0 Å². The van der Waals surface area contributed by atoms with Crippen LogP contribution < -0.4 is 5.32 Å². The zero-order valence-corrected chi connectivity index (χ0v) is 15.8. The van der Waals surface area contributed by atoms with Gasteiger partial charge in [-0.15, -0.1) is 0 Å². The standard InChI is InChI=1S/C17H18Cl2IN/c1-3-9-21-17(12-7-8-14(18)15(19)10-12)13-6-4-5-11(2)16(13)20/h4-8,10,17,21H,3,9H2,1-2H3. The van der Waals surface area contributed by atoms with E-state index in [2.05, 4.69) is 60.0 Å². The summed E-state index contributed by atoms with van der Waals surface area (Å²) >= 11 is 14.6. The summed E-state index contributed by atoms with van der Waals surface area (Å²) in [6.45, 7) is 5.26. The Hall–Kier alpha value is -0.290. The number of hydrogen-bond donors (Lipinski definition) is 1. The van der Waals surface area contributed by atoms with Gasteiger partial charge in [0.25, 0.3) is 0 Å². The molecule has 21 heavy (non-hydrogen) atoms. The van der Waals surface area contributed by atoms with Crippen molar-refractivity contribution in [2.45, 2.75) is 26.3 Å². The SMILES string of the molecule is CCCNC(c1ccc(Cl)c(Cl)c1)c1cccc(C)c1I. The van der Waals surface area contributed by atoms with E-state index in [0.717, 1.165) is 18.5 Å². The molecule has 2 rings (SSSR count). The molecule has 0 aromatic heterocycles. The van der Waals surface area contributed by atoms with Gasteiger partial charge in [0.1, 0.15) is 0 Å². The Kier molecular flexibility index (Phi) is 6.35. The minimum Gasteiger partial charge on any atom is -0.306 e. The molecule has 0 saturated heterocycles. The van der Waals surface area contributed by atoms with E-state index in [1.807, 2.05) is 18.2 Å². The maximum absolute atomic E-state index is 6.19. The van der Waals surface area contributed by atoms with Crippen molar-refractivity contribution in [3.05, 3.63) is 66.7 Å². The minimum absolute atomic E-state index is 0.131. The second-order valence-corrected chi connectivity index (χ2v) is 6.93. The molecule has 0 bridgehead atoms. The first-order valence-electron chi connectivity index (χ1n) is 6.98. The molecule has 4 heteroatoms.